The molecule has 1 aromatic heterocycles. The van der Waals surface area contributed by atoms with Gasteiger partial charge in [-0.15, -0.1) is 11.3 Å². The summed E-state index contributed by atoms with van der Waals surface area (Å²) in [5.74, 6) is -0.265. The molecule has 1 N–H and O–H groups in total. The van der Waals surface area contributed by atoms with Crippen molar-refractivity contribution < 1.29 is 9.90 Å². The Labute approximate surface area is 119 Å². The summed E-state index contributed by atoms with van der Waals surface area (Å²) in [7, 11) is 2.04. The lowest BCUT2D eigenvalue weighted by Gasteiger charge is -2.23. The van der Waals surface area contributed by atoms with Crippen molar-refractivity contribution in [3.63, 3.8) is 0 Å². The van der Waals surface area contributed by atoms with Gasteiger partial charge in [0, 0.05) is 23.3 Å². The number of rotatable bonds is 7. The minimum absolute atomic E-state index is 0.232. The fourth-order valence-electron chi connectivity index (χ4n) is 1.94. The van der Waals surface area contributed by atoms with Gasteiger partial charge in [0.2, 0.25) is 0 Å². The number of aliphatic carboxylic acids is 1. The largest absolute Gasteiger partial charge is 0.481 e. The third-order valence-corrected chi connectivity index (χ3v) is 4.91. The average molecular weight is 284 g/mol. The number of hydrogen-bond donors (Lipinski definition) is 1. The van der Waals surface area contributed by atoms with E-state index >= 15 is 0 Å². The fourth-order valence-corrected chi connectivity index (χ4v) is 3.13. The first kappa shape index (κ1) is 16.1. The fraction of sp³-hybridized carbons (Fsp3) is 0.714. The monoisotopic (exact) mass is 284 g/mol. The molecule has 1 aromatic rings. The average Bonchev–Trinajstić information content (AvgIpc) is 2.70. The van der Waals surface area contributed by atoms with E-state index in [-0.39, 0.29) is 6.42 Å². The molecule has 0 aliphatic carbocycles. The number of aromatic nitrogens is 1. The molecule has 0 saturated heterocycles. The summed E-state index contributed by atoms with van der Waals surface area (Å²) in [5, 5.41) is 9.84. The molecule has 1 atom stereocenters. The van der Waals surface area contributed by atoms with Crippen molar-refractivity contribution >= 4 is 17.3 Å². The molecule has 4 nitrogen and oxygen atoms in total. The first-order valence-corrected chi connectivity index (χ1v) is 7.53. The molecule has 0 fully saturated rings. The van der Waals surface area contributed by atoms with Crippen molar-refractivity contribution in [1.29, 1.82) is 0 Å². The van der Waals surface area contributed by atoms with E-state index in [0.29, 0.717) is 18.4 Å². The Bertz CT molecular complexity index is 429. The van der Waals surface area contributed by atoms with Crippen LogP contribution in [0.1, 0.15) is 61.2 Å². The standard InChI is InChI=1S/C14H24N2O2S/c1-9(2)14-15-10(3)13(19-14)11(4)16(5)8-6-7-12(17)18/h9,11H,6-8H2,1-5H3,(H,17,18). The number of carboxylic acid groups (broad SMARTS) is 1. The lowest BCUT2D eigenvalue weighted by Crippen LogP contribution is -2.24. The molecule has 0 aliphatic rings. The molecule has 0 spiro atoms. The van der Waals surface area contributed by atoms with Crippen LogP contribution in [0.15, 0.2) is 0 Å². The Hall–Kier alpha value is -0.940. The first-order chi connectivity index (χ1) is 8.82. The van der Waals surface area contributed by atoms with Crippen LogP contribution in [0, 0.1) is 6.92 Å². The highest BCUT2D eigenvalue weighted by atomic mass is 32.1. The molecule has 5 heteroatoms. The van der Waals surface area contributed by atoms with Gasteiger partial charge < -0.3 is 5.11 Å². The second-order valence-corrected chi connectivity index (χ2v) is 6.37. The molecule has 0 saturated carbocycles. The van der Waals surface area contributed by atoms with Crippen molar-refractivity contribution in [2.45, 2.75) is 52.5 Å². The zero-order valence-electron chi connectivity index (χ0n) is 12.4. The van der Waals surface area contributed by atoms with Crippen LogP contribution in [0.5, 0.6) is 0 Å². The molecule has 0 amide bonds. The Kier molecular flexibility index (Phi) is 5.94. The number of hydrogen-bond acceptors (Lipinski definition) is 4. The van der Waals surface area contributed by atoms with E-state index in [0.717, 1.165) is 12.2 Å². The highest BCUT2D eigenvalue weighted by molar-refractivity contribution is 7.11. The van der Waals surface area contributed by atoms with Crippen molar-refractivity contribution in [3.8, 4) is 0 Å². The number of nitrogens with zero attached hydrogens (tertiary/aromatic N) is 2. The number of carbonyl (C=O) groups is 1. The topological polar surface area (TPSA) is 53.4 Å². The van der Waals surface area contributed by atoms with Gasteiger partial charge >= 0.3 is 5.97 Å². The summed E-state index contributed by atoms with van der Waals surface area (Å²) in [6, 6.07) is 0.291. The van der Waals surface area contributed by atoms with E-state index in [1.165, 1.54) is 9.88 Å². The van der Waals surface area contributed by atoms with Crippen molar-refractivity contribution in [2.75, 3.05) is 13.6 Å². The lowest BCUT2D eigenvalue weighted by atomic mass is 10.2. The van der Waals surface area contributed by atoms with Gasteiger partial charge in [-0.25, -0.2) is 4.98 Å². The molecule has 0 radical (unpaired) electrons. The van der Waals surface area contributed by atoms with Crippen LogP contribution in [0.2, 0.25) is 0 Å². The number of carboxylic acids is 1. The van der Waals surface area contributed by atoms with Gasteiger partial charge in [0.15, 0.2) is 0 Å². The molecule has 108 valence electrons. The molecule has 1 unspecified atom stereocenters. The third-order valence-electron chi connectivity index (χ3n) is 3.28. The second-order valence-electron chi connectivity index (χ2n) is 5.31. The SMILES string of the molecule is Cc1nc(C(C)C)sc1C(C)N(C)CCCC(=O)O. The quantitative estimate of drug-likeness (QED) is 0.833. The molecule has 0 aliphatic heterocycles. The molecular weight excluding hydrogens is 260 g/mol. The predicted molar refractivity (Wildman–Crippen MR) is 78.9 cm³/mol. The maximum Gasteiger partial charge on any atom is 0.303 e. The Morgan fingerprint density at radius 1 is 1.42 bits per heavy atom. The van der Waals surface area contributed by atoms with E-state index in [2.05, 4.69) is 37.6 Å². The highest BCUT2D eigenvalue weighted by Crippen LogP contribution is 2.31. The van der Waals surface area contributed by atoms with Crippen molar-refractivity contribution in [2.24, 2.45) is 0 Å². The highest BCUT2D eigenvalue weighted by Gasteiger charge is 2.19. The summed E-state index contributed by atoms with van der Waals surface area (Å²) in [6.07, 6.45) is 0.918. The van der Waals surface area contributed by atoms with Crippen LogP contribution in [-0.4, -0.2) is 34.6 Å². The van der Waals surface area contributed by atoms with E-state index in [1.54, 1.807) is 11.3 Å². The predicted octanol–water partition coefficient (Wildman–Crippen LogP) is 3.43. The van der Waals surface area contributed by atoms with Gasteiger partial charge in [-0.05, 0) is 33.9 Å². The minimum atomic E-state index is -0.725. The van der Waals surface area contributed by atoms with Gasteiger partial charge in [0.1, 0.15) is 0 Å². The van der Waals surface area contributed by atoms with Gasteiger partial charge in [0.25, 0.3) is 0 Å². The van der Waals surface area contributed by atoms with Crippen LogP contribution >= 0.6 is 11.3 Å². The third kappa shape index (κ3) is 4.58. The zero-order valence-corrected chi connectivity index (χ0v) is 13.3. The molecule has 0 bridgehead atoms. The first-order valence-electron chi connectivity index (χ1n) is 6.72. The molecule has 1 rings (SSSR count). The van der Waals surface area contributed by atoms with Gasteiger partial charge in [-0.2, -0.15) is 0 Å². The summed E-state index contributed by atoms with van der Waals surface area (Å²) >= 11 is 1.77. The van der Waals surface area contributed by atoms with E-state index in [4.69, 9.17) is 5.11 Å². The molecular formula is C14H24N2O2S. The molecule has 1 heterocycles. The molecule has 19 heavy (non-hydrogen) atoms. The summed E-state index contributed by atoms with van der Waals surface area (Å²) in [4.78, 5) is 18.6. The Morgan fingerprint density at radius 2 is 2.05 bits per heavy atom. The number of aryl methyl sites for hydroxylation is 1. The van der Waals surface area contributed by atoms with Gasteiger partial charge in [-0.1, -0.05) is 13.8 Å². The smallest absolute Gasteiger partial charge is 0.303 e. The zero-order chi connectivity index (χ0) is 14.6. The van der Waals surface area contributed by atoms with E-state index < -0.39 is 5.97 Å². The maximum atomic E-state index is 10.5. The van der Waals surface area contributed by atoms with E-state index in [1.807, 2.05) is 7.05 Å². The Balaban J connectivity index is 2.65. The lowest BCUT2D eigenvalue weighted by molar-refractivity contribution is -0.137. The van der Waals surface area contributed by atoms with Crippen LogP contribution < -0.4 is 0 Å². The van der Waals surface area contributed by atoms with Crippen molar-refractivity contribution in [3.05, 3.63) is 15.6 Å². The van der Waals surface area contributed by atoms with Crippen LogP contribution in [0.4, 0.5) is 0 Å². The van der Waals surface area contributed by atoms with Crippen molar-refractivity contribution in [1.82, 2.24) is 9.88 Å². The van der Waals surface area contributed by atoms with Gasteiger partial charge in [-0.3, -0.25) is 9.69 Å². The summed E-state index contributed by atoms with van der Waals surface area (Å²) < 4.78 is 0. The Morgan fingerprint density at radius 3 is 2.53 bits per heavy atom. The van der Waals surface area contributed by atoms with Crippen LogP contribution in [-0.2, 0) is 4.79 Å². The second kappa shape index (κ2) is 7.01. The summed E-state index contributed by atoms with van der Waals surface area (Å²) in [6.45, 7) is 9.32. The normalized spacial score (nSPS) is 13.2. The number of thiazole rings is 1. The van der Waals surface area contributed by atoms with Crippen LogP contribution in [0.25, 0.3) is 0 Å². The maximum absolute atomic E-state index is 10.5. The minimum Gasteiger partial charge on any atom is -0.481 e. The summed E-state index contributed by atoms with van der Waals surface area (Å²) in [5.41, 5.74) is 1.10. The van der Waals surface area contributed by atoms with Crippen LogP contribution in [0.3, 0.4) is 0 Å². The van der Waals surface area contributed by atoms with E-state index in [9.17, 15) is 4.79 Å². The van der Waals surface area contributed by atoms with Gasteiger partial charge in [0.05, 0.1) is 10.7 Å². The molecule has 0 aromatic carbocycles.